The molecule has 0 aliphatic heterocycles. The second kappa shape index (κ2) is 6.85. The van der Waals surface area contributed by atoms with Crippen LogP contribution in [0.2, 0.25) is 0 Å². The molecule has 116 valence electrons. The number of rotatable bonds is 5. The topological polar surface area (TPSA) is 80.2 Å². The van der Waals surface area contributed by atoms with Crippen molar-refractivity contribution in [3.8, 4) is 17.1 Å². The van der Waals surface area contributed by atoms with Crippen molar-refractivity contribution in [3.63, 3.8) is 0 Å². The minimum absolute atomic E-state index is 0.00154. The van der Waals surface area contributed by atoms with Crippen LogP contribution >= 0.6 is 0 Å². The molecule has 0 radical (unpaired) electrons. The first-order valence-corrected chi connectivity index (χ1v) is 7.09. The summed E-state index contributed by atoms with van der Waals surface area (Å²) >= 11 is 0. The molecular weight excluding hydrogens is 292 g/mol. The standard InChI is InChI=1S/C17H16N4O2/c1-23-16-6-5-14(10-19-16)20-17-18-8-7-15(21-17)13-4-2-3-12(9-13)11-22/h2-10,22H,11H2,1H3,(H,18,20,21). The van der Waals surface area contributed by atoms with E-state index in [1.54, 1.807) is 25.6 Å². The first-order chi connectivity index (χ1) is 11.3. The van der Waals surface area contributed by atoms with Gasteiger partial charge in [0, 0.05) is 17.8 Å². The molecule has 2 N–H and O–H groups in total. The molecule has 0 saturated carbocycles. The Morgan fingerprint density at radius 2 is 2.04 bits per heavy atom. The maximum atomic E-state index is 9.24. The predicted octanol–water partition coefficient (Wildman–Crippen LogP) is 2.78. The number of hydrogen-bond acceptors (Lipinski definition) is 6. The number of ether oxygens (including phenoxy) is 1. The molecule has 0 aliphatic carbocycles. The average molecular weight is 308 g/mol. The molecule has 0 spiro atoms. The minimum Gasteiger partial charge on any atom is -0.481 e. The summed E-state index contributed by atoms with van der Waals surface area (Å²) in [6, 6.07) is 13.0. The number of aliphatic hydroxyl groups excluding tert-OH is 1. The van der Waals surface area contributed by atoms with Gasteiger partial charge in [-0.2, -0.15) is 0 Å². The van der Waals surface area contributed by atoms with Gasteiger partial charge in [-0.1, -0.05) is 18.2 Å². The van der Waals surface area contributed by atoms with Crippen LogP contribution in [0, 0.1) is 0 Å². The van der Waals surface area contributed by atoms with Crippen molar-refractivity contribution < 1.29 is 9.84 Å². The van der Waals surface area contributed by atoms with Gasteiger partial charge in [-0.05, 0) is 23.8 Å². The van der Waals surface area contributed by atoms with Gasteiger partial charge in [-0.3, -0.25) is 0 Å². The lowest BCUT2D eigenvalue weighted by Gasteiger charge is -2.07. The summed E-state index contributed by atoms with van der Waals surface area (Å²) in [5.41, 5.74) is 3.32. The zero-order chi connectivity index (χ0) is 16.1. The van der Waals surface area contributed by atoms with Crippen LogP contribution in [0.25, 0.3) is 11.3 Å². The van der Waals surface area contributed by atoms with E-state index in [2.05, 4.69) is 20.3 Å². The smallest absolute Gasteiger partial charge is 0.227 e. The lowest BCUT2D eigenvalue weighted by atomic mass is 10.1. The van der Waals surface area contributed by atoms with Crippen LogP contribution in [0.4, 0.5) is 11.6 Å². The normalized spacial score (nSPS) is 10.3. The molecule has 23 heavy (non-hydrogen) atoms. The number of nitrogens with one attached hydrogen (secondary N) is 1. The second-order valence-electron chi connectivity index (χ2n) is 4.84. The predicted molar refractivity (Wildman–Crippen MR) is 87.5 cm³/mol. The Labute approximate surface area is 133 Å². The molecule has 3 rings (SSSR count). The van der Waals surface area contributed by atoms with Crippen molar-refractivity contribution in [2.24, 2.45) is 0 Å². The highest BCUT2D eigenvalue weighted by atomic mass is 16.5. The number of anilines is 2. The molecular formula is C17H16N4O2. The zero-order valence-corrected chi connectivity index (χ0v) is 12.6. The summed E-state index contributed by atoms with van der Waals surface area (Å²) in [7, 11) is 1.57. The van der Waals surface area contributed by atoms with Crippen molar-refractivity contribution in [1.82, 2.24) is 15.0 Å². The number of benzene rings is 1. The molecule has 2 heterocycles. The monoisotopic (exact) mass is 308 g/mol. The second-order valence-corrected chi connectivity index (χ2v) is 4.84. The Balaban J connectivity index is 1.84. The number of hydrogen-bond donors (Lipinski definition) is 2. The van der Waals surface area contributed by atoms with Crippen LogP contribution < -0.4 is 10.1 Å². The van der Waals surface area contributed by atoms with Crippen molar-refractivity contribution in [2.45, 2.75) is 6.61 Å². The van der Waals surface area contributed by atoms with Crippen LogP contribution in [0.3, 0.4) is 0 Å². The van der Waals surface area contributed by atoms with Gasteiger partial charge in [0.1, 0.15) is 0 Å². The van der Waals surface area contributed by atoms with E-state index >= 15 is 0 Å². The maximum absolute atomic E-state index is 9.24. The highest BCUT2D eigenvalue weighted by Gasteiger charge is 2.04. The molecule has 6 heteroatoms. The van der Waals surface area contributed by atoms with Crippen LogP contribution in [-0.2, 0) is 6.61 Å². The molecule has 0 amide bonds. The van der Waals surface area contributed by atoms with Gasteiger partial charge in [-0.25, -0.2) is 15.0 Å². The molecule has 2 aromatic heterocycles. The summed E-state index contributed by atoms with van der Waals surface area (Å²) < 4.78 is 5.03. The van der Waals surface area contributed by atoms with Crippen molar-refractivity contribution in [3.05, 3.63) is 60.4 Å². The van der Waals surface area contributed by atoms with Gasteiger partial charge in [0.15, 0.2) is 0 Å². The Kier molecular flexibility index (Phi) is 4.44. The van der Waals surface area contributed by atoms with Crippen molar-refractivity contribution in [2.75, 3.05) is 12.4 Å². The minimum atomic E-state index is 0.00154. The van der Waals surface area contributed by atoms with Gasteiger partial charge in [0.05, 0.1) is 31.3 Å². The number of aromatic nitrogens is 3. The fourth-order valence-electron chi connectivity index (χ4n) is 2.11. The molecule has 3 aromatic rings. The van der Waals surface area contributed by atoms with E-state index in [1.807, 2.05) is 36.4 Å². The third-order valence-corrected chi connectivity index (χ3v) is 3.26. The Morgan fingerprint density at radius 1 is 1.13 bits per heavy atom. The Morgan fingerprint density at radius 3 is 2.78 bits per heavy atom. The van der Waals surface area contributed by atoms with E-state index in [0.717, 1.165) is 22.5 Å². The Hall–Kier alpha value is -2.99. The number of methoxy groups -OCH3 is 1. The van der Waals surface area contributed by atoms with Crippen LogP contribution in [0.5, 0.6) is 5.88 Å². The molecule has 0 bridgehead atoms. The van der Waals surface area contributed by atoms with E-state index in [4.69, 9.17) is 4.74 Å². The van der Waals surface area contributed by atoms with Gasteiger partial charge in [0.2, 0.25) is 11.8 Å². The van der Waals surface area contributed by atoms with E-state index in [0.29, 0.717) is 11.8 Å². The molecule has 0 atom stereocenters. The van der Waals surface area contributed by atoms with Crippen LogP contribution in [-0.4, -0.2) is 27.2 Å². The molecule has 1 aromatic carbocycles. The average Bonchev–Trinajstić information content (AvgIpc) is 2.63. The lowest BCUT2D eigenvalue weighted by molar-refractivity contribution is 0.282. The molecule has 0 unspecified atom stereocenters. The number of nitrogens with zero attached hydrogens (tertiary/aromatic N) is 3. The van der Waals surface area contributed by atoms with Crippen molar-refractivity contribution >= 4 is 11.6 Å². The molecule has 6 nitrogen and oxygen atoms in total. The van der Waals surface area contributed by atoms with E-state index in [-0.39, 0.29) is 6.61 Å². The third kappa shape index (κ3) is 3.61. The number of aliphatic hydroxyl groups is 1. The highest BCUT2D eigenvalue weighted by Crippen LogP contribution is 2.21. The summed E-state index contributed by atoms with van der Waals surface area (Å²) in [4.78, 5) is 12.8. The summed E-state index contributed by atoms with van der Waals surface area (Å²) in [6.07, 6.45) is 3.34. The summed E-state index contributed by atoms with van der Waals surface area (Å²) in [5.74, 6) is 1.02. The zero-order valence-electron chi connectivity index (χ0n) is 12.6. The van der Waals surface area contributed by atoms with Gasteiger partial charge >= 0.3 is 0 Å². The van der Waals surface area contributed by atoms with Gasteiger partial charge < -0.3 is 15.2 Å². The first kappa shape index (κ1) is 14.9. The van der Waals surface area contributed by atoms with Crippen molar-refractivity contribution in [1.29, 1.82) is 0 Å². The Bertz CT molecular complexity index is 791. The third-order valence-electron chi connectivity index (χ3n) is 3.26. The number of pyridine rings is 1. The fraction of sp³-hybridized carbons (Fsp3) is 0.118. The van der Waals surface area contributed by atoms with Gasteiger partial charge in [0.25, 0.3) is 0 Å². The fourth-order valence-corrected chi connectivity index (χ4v) is 2.11. The highest BCUT2D eigenvalue weighted by molar-refractivity contribution is 5.62. The summed E-state index contributed by atoms with van der Waals surface area (Å²) in [5, 5.41) is 12.3. The van der Waals surface area contributed by atoms with Crippen LogP contribution in [0.15, 0.2) is 54.9 Å². The quantitative estimate of drug-likeness (QED) is 0.754. The largest absolute Gasteiger partial charge is 0.481 e. The van der Waals surface area contributed by atoms with Crippen LogP contribution in [0.1, 0.15) is 5.56 Å². The molecule has 0 aliphatic rings. The maximum Gasteiger partial charge on any atom is 0.227 e. The summed E-state index contributed by atoms with van der Waals surface area (Å²) in [6.45, 7) is 0.00154. The molecule has 0 saturated heterocycles. The van der Waals surface area contributed by atoms with E-state index in [9.17, 15) is 5.11 Å². The lowest BCUT2D eigenvalue weighted by Crippen LogP contribution is -1.99. The first-order valence-electron chi connectivity index (χ1n) is 7.09. The van der Waals surface area contributed by atoms with Gasteiger partial charge in [-0.15, -0.1) is 0 Å². The van der Waals surface area contributed by atoms with E-state index < -0.39 is 0 Å². The molecule has 0 fully saturated rings. The van der Waals surface area contributed by atoms with E-state index in [1.165, 1.54) is 0 Å². The SMILES string of the molecule is COc1ccc(Nc2nccc(-c3cccc(CO)c3)n2)cn1.